The van der Waals surface area contributed by atoms with Crippen LogP contribution in [0.2, 0.25) is 5.15 Å². The number of aromatic nitrogens is 2. The molecule has 25 heavy (non-hydrogen) atoms. The predicted octanol–water partition coefficient (Wildman–Crippen LogP) is 4.08. The van der Waals surface area contributed by atoms with E-state index in [2.05, 4.69) is 20.6 Å². The number of nitriles is 1. The van der Waals surface area contributed by atoms with Crippen LogP contribution in [0.15, 0.2) is 12.1 Å². The molecule has 10 heteroatoms. The SMILES string of the molecule is CC(CC(F)C(C#N)C(C)F)NC(=O)Nc1nc2ccc(Cl)nc2s1. The van der Waals surface area contributed by atoms with Gasteiger partial charge in [-0.25, -0.2) is 23.5 Å². The van der Waals surface area contributed by atoms with Gasteiger partial charge in [0.2, 0.25) is 0 Å². The van der Waals surface area contributed by atoms with Crippen molar-refractivity contribution in [1.29, 1.82) is 5.26 Å². The number of anilines is 1. The average Bonchev–Trinajstić information content (AvgIpc) is 2.87. The van der Waals surface area contributed by atoms with Crippen molar-refractivity contribution in [2.24, 2.45) is 5.92 Å². The van der Waals surface area contributed by atoms with Gasteiger partial charge in [0.15, 0.2) is 5.13 Å². The number of urea groups is 1. The van der Waals surface area contributed by atoms with E-state index in [1.807, 2.05) is 0 Å². The summed E-state index contributed by atoms with van der Waals surface area (Å²) in [5.41, 5.74) is 0.593. The fourth-order valence-corrected chi connectivity index (χ4v) is 3.25. The van der Waals surface area contributed by atoms with Crippen LogP contribution in [0.5, 0.6) is 0 Å². The number of nitrogens with zero attached hydrogens (tertiary/aromatic N) is 3. The Morgan fingerprint density at radius 3 is 2.76 bits per heavy atom. The van der Waals surface area contributed by atoms with Crippen molar-refractivity contribution in [1.82, 2.24) is 15.3 Å². The van der Waals surface area contributed by atoms with E-state index in [0.29, 0.717) is 20.6 Å². The van der Waals surface area contributed by atoms with Crippen molar-refractivity contribution in [2.75, 3.05) is 5.32 Å². The second kappa shape index (κ2) is 8.36. The van der Waals surface area contributed by atoms with E-state index < -0.39 is 30.3 Å². The van der Waals surface area contributed by atoms with E-state index in [9.17, 15) is 13.6 Å². The van der Waals surface area contributed by atoms with Crippen molar-refractivity contribution < 1.29 is 13.6 Å². The second-order valence-corrected chi connectivity index (χ2v) is 6.93. The van der Waals surface area contributed by atoms with E-state index >= 15 is 0 Å². The molecule has 0 aliphatic heterocycles. The van der Waals surface area contributed by atoms with Crippen LogP contribution in [-0.2, 0) is 0 Å². The number of rotatable bonds is 6. The summed E-state index contributed by atoms with van der Waals surface area (Å²) in [4.78, 5) is 20.8. The zero-order chi connectivity index (χ0) is 18.6. The first-order valence-electron chi connectivity index (χ1n) is 7.48. The predicted molar refractivity (Wildman–Crippen MR) is 93.2 cm³/mol. The molecule has 2 aromatic heterocycles. The first kappa shape index (κ1) is 19.3. The summed E-state index contributed by atoms with van der Waals surface area (Å²) in [6.45, 7) is 2.71. The molecule has 0 bridgehead atoms. The van der Waals surface area contributed by atoms with E-state index in [-0.39, 0.29) is 6.42 Å². The average molecular weight is 388 g/mol. The third kappa shape index (κ3) is 5.21. The quantitative estimate of drug-likeness (QED) is 0.730. The van der Waals surface area contributed by atoms with Gasteiger partial charge < -0.3 is 5.32 Å². The first-order chi connectivity index (χ1) is 11.8. The minimum absolute atomic E-state index is 0.170. The zero-order valence-corrected chi connectivity index (χ0v) is 15.0. The largest absolute Gasteiger partial charge is 0.335 e. The number of nitrogens with one attached hydrogen (secondary N) is 2. The monoisotopic (exact) mass is 387 g/mol. The van der Waals surface area contributed by atoms with Crippen molar-refractivity contribution >= 4 is 44.4 Å². The van der Waals surface area contributed by atoms with E-state index in [4.69, 9.17) is 16.9 Å². The number of pyridine rings is 1. The number of thiazole rings is 1. The molecular weight excluding hydrogens is 372 g/mol. The highest BCUT2D eigenvalue weighted by Gasteiger charge is 2.28. The van der Waals surface area contributed by atoms with Gasteiger partial charge in [0.05, 0.1) is 6.07 Å². The number of fused-ring (bicyclic) bond motifs is 1. The maximum absolute atomic E-state index is 14.0. The lowest BCUT2D eigenvalue weighted by Gasteiger charge is -2.20. The fraction of sp³-hybridized carbons (Fsp3) is 0.467. The Hall–Kier alpha value is -2.05. The Labute approximate surface area is 152 Å². The van der Waals surface area contributed by atoms with Crippen molar-refractivity contribution in [2.45, 2.75) is 38.7 Å². The molecule has 2 aromatic rings. The number of amides is 2. The van der Waals surface area contributed by atoms with Gasteiger partial charge >= 0.3 is 6.03 Å². The Morgan fingerprint density at radius 1 is 1.40 bits per heavy atom. The summed E-state index contributed by atoms with van der Waals surface area (Å²) in [6.07, 6.45) is -3.42. The van der Waals surface area contributed by atoms with Gasteiger partial charge in [0.1, 0.15) is 33.8 Å². The Kier molecular flexibility index (Phi) is 6.45. The zero-order valence-electron chi connectivity index (χ0n) is 13.5. The highest BCUT2D eigenvalue weighted by Crippen LogP contribution is 2.25. The Balaban J connectivity index is 1.91. The van der Waals surface area contributed by atoms with Crippen LogP contribution in [0, 0.1) is 17.2 Å². The maximum atomic E-state index is 14.0. The standard InChI is InChI=1S/C15H16ClF2N5OS/c1-7(5-10(18)9(6-19)8(2)17)20-14(24)23-15-21-11-3-4-12(16)22-13(11)25-15/h3-4,7-10H,5H2,1-2H3,(H2,20,21,23,24). The molecule has 2 heterocycles. The molecule has 2 rings (SSSR count). The topological polar surface area (TPSA) is 90.7 Å². The van der Waals surface area contributed by atoms with Crippen molar-refractivity contribution in [3.8, 4) is 6.07 Å². The first-order valence-corrected chi connectivity index (χ1v) is 8.68. The summed E-state index contributed by atoms with van der Waals surface area (Å²) in [6, 6.07) is 3.72. The van der Waals surface area contributed by atoms with E-state index in [0.717, 1.165) is 18.3 Å². The molecule has 0 aromatic carbocycles. The molecule has 0 fully saturated rings. The van der Waals surface area contributed by atoms with Crippen molar-refractivity contribution in [3.63, 3.8) is 0 Å². The van der Waals surface area contributed by atoms with Crippen molar-refractivity contribution in [3.05, 3.63) is 17.3 Å². The summed E-state index contributed by atoms with van der Waals surface area (Å²) < 4.78 is 27.1. The van der Waals surface area contributed by atoms with Gasteiger partial charge in [-0.2, -0.15) is 5.26 Å². The number of hydrogen-bond acceptors (Lipinski definition) is 5. The molecule has 2 N–H and O–H groups in total. The van der Waals surface area contributed by atoms with Crippen LogP contribution in [0.25, 0.3) is 10.3 Å². The number of carbonyl (C=O) groups excluding carboxylic acids is 1. The molecule has 4 atom stereocenters. The summed E-state index contributed by atoms with van der Waals surface area (Å²) in [7, 11) is 0. The number of hydrogen-bond donors (Lipinski definition) is 2. The van der Waals surface area contributed by atoms with Crippen LogP contribution in [0.4, 0.5) is 18.7 Å². The lowest BCUT2D eigenvalue weighted by Crippen LogP contribution is -2.39. The van der Waals surface area contributed by atoms with Gasteiger partial charge in [-0.05, 0) is 32.4 Å². The smallest absolute Gasteiger partial charge is 0.321 e. The Morgan fingerprint density at radius 2 is 2.12 bits per heavy atom. The highest BCUT2D eigenvalue weighted by molar-refractivity contribution is 7.22. The highest BCUT2D eigenvalue weighted by atomic mass is 35.5. The molecule has 0 aliphatic rings. The van der Waals surface area contributed by atoms with Gasteiger partial charge in [0.25, 0.3) is 0 Å². The molecular formula is C15H16ClF2N5OS. The van der Waals surface area contributed by atoms with Crippen LogP contribution < -0.4 is 10.6 Å². The van der Waals surface area contributed by atoms with Gasteiger partial charge in [0, 0.05) is 6.04 Å². The van der Waals surface area contributed by atoms with Crippen LogP contribution >= 0.6 is 22.9 Å². The molecule has 0 aliphatic carbocycles. The normalized spacial score (nSPS) is 15.8. The maximum Gasteiger partial charge on any atom is 0.321 e. The number of alkyl halides is 2. The lowest BCUT2D eigenvalue weighted by atomic mass is 9.96. The van der Waals surface area contributed by atoms with E-state index in [1.54, 1.807) is 25.1 Å². The minimum Gasteiger partial charge on any atom is -0.335 e. The van der Waals surface area contributed by atoms with Gasteiger partial charge in [-0.1, -0.05) is 22.9 Å². The van der Waals surface area contributed by atoms with E-state index in [1.165, 1.54) is 0 Å². The molecule has 0 saturated carbocycles. The Bertz CT molecular complexity index is 794. The number of halogens is 3. The number of carbonyl (C=O) groups is 1. The van der Waals surface area contributed by atoms with Crippen LogP contribution in [0.3, 0.4) is 0 Å². The molecule has 0 saturated heterocycles. The molecule has 0 spiro atoms. The summed E-state index contributed by atoms with van der Waals surface area (Å²) in [5, 5.41) is 14.5. The molecule has 134 valence electrons. The third-order valence-electron chi connectivity index (χ3n) is 3.43. The molecule has 0 radical (unpaired) electrons. The molecule has 2 amide bonds. The van der Waals surface area contributed by atoms with Gasteiger partial charge in [-0.15, -0.1) is 0 Å². The molecule has 6 nitrogen and oxygen atoms in total. The van der Waals surface area contributed by atoms with Crippen LogP contribution in [-0.4, -0.2) is 34.4 Å². The second-order valence-electron chi connectivity index (χ2n) is 5.56. The third-order valence-corrected chi connectivity index (χ3v) is 4.52. The fourth-order valence-electron chi connectivity index (χ4n) is 2.22. The minimum atomic E-state index is -1.67. The van der Waals surface area contributed by atoms with Gasteiger partial charge in [-0.3, -0.25) is 5.32 Å². The molecule has 4 unspecified atom stereocenters. The summed E-state index contributed by atoms with van der Waals surface area (Å²) >= 11 is 6.94. The summed E-state index contributed by atoms with van der Waals surface area (Å²) in [5.74, 6) is -1.35. The van der Waals surface area contributed by atoms with Crippen LogP contribution in [0.1, 0.15) is 20.3 Å². The lowest BCUT2D eigenvalue weighted by molar-refractivity contribution is 0.159.